The number of fused-ring (bicyclic) bond motifs is 1. The Hall–Kier alpha value is -1.55. The number of rotatable bonds is 5. The molecule has 2 aromatic rings. The molecular formula is C22H33F3N2O3S. The van der Waals surface area contributed by atoms with Crippen LogP contribution in [-0.2, 0) is 10.6 Å². The Morgan fingerprint density at radius 2 is 1.71 bits per heavy atom. The molecule has 31 heavy (non-hydrogen) atoms. The molecule has 1 aromatic heterocycles. The first-order chi connectivity index (χ1) is 14.4. The molecule has 0 spiro atoms. The van der Waals surface area contributed by atoms with E-state index in [1.54, 1.807) is 0 Å². The summed E-state index contributed by atoms with van der Waals surface area (Å²) in [5.74, 6) is 0.0601. The molecule has 1 aliphatic rings. The summed E-state index contributed by atoms with van der Waals surface area (Å²) in [5, 5.41) is 17.3. The second-order valence-corrected chi connectivity index (χ2v) is 8.75. The fourth-order valence-corrected chi connectivity index (χ4v) is 3.38. The Balaban J connectivity index is 0.000000309. The van der Waals surface area contributed by atoms with Crippen LogP contribution in [0.2, 0.25) is 0 Å². The van der Waals surface area contributed by atoms with E-state index in [2.05, 4.69) is 27.4 Å². The van der Waals surface area contributed by atoms with Crippen LogP contribution in [0.3, 0.4) is 0 Å². The molecule has 176 valence electrons. The second kappa shape index (κ2) is 13.1. The van der Waals surface area contributed by atoms with E-state index < -0.39 is 23.3 Å². The Morgan fingerprint density at radius 3 is 2.23 bits per heavy atom. The Labute approximate surface area is 186 Å². The highest BCUT2D eigenvalue weighted by Crippen LogP contribution is 2.30. The first-order valence-corrected chi connectivity index (χ1v) is 11.1. The minimum Gasteiger partial charge on any atom is -0.384 e. The molecule has 0 radical (unpaired) electrons. The number of nitrogens with zero attached hydrogens (tertiary/aromatic N) is 1. The topological polar surface area (TPSA) is 88.6 Å². The van der Waals surface area contributed by atoms with Crippen LogP contribution >= 0.6 is 12.0 Å². The van der Waals surface area contributed by atoms with Gasteiger partial charge in [-0.05, 0) is 63.3 Å². The van der Waals surface area contributed by atoms with Crippen molar-refractivity contribution < 1.29 is 27.6 Å². The van der Waals surface area contributed by atoms with E-state index in [-0.39, 0.29) is 6.61 Å². The van der Waals surface area contributed by atoms with Crippen LogP contribution in [0.4, 0.5) is 19.0 Å². The number of alkyl halides is 3. The number of anilines is 1. The van der Waals surface area contributed by atoms with Gasteiger partial charge in [-0.2, -0.15) is 13.2 Å². The van der Waals surface area contributed by atoms with Gasteiger partial charge in [0.25, 0.3) is 0 Å². The van der Waals surface area contributed by atoms with E-state index in [1.165, 1.54) is 70.2 Å². The average Bonchev–Trinajstić information content (AvgIpc) is 3.16. The van der Waals surface area contributed by atoms with Gasteiger partial charge in [0, 0.05) is 5.39 Å². The standard InChI is InChI=1S/C16H20N2.C3H5F3OS.C3H8O2/c17-16-10-9-14-8-7-13(11-15(14)18-16)6-5-12-3-1-2-4-12;1-2-7-8-3(4,5)6;1-3(2,4)5/h7-12H,1-6H2,(H2,17,18);2H2,1H3;4-5H,1-2H3. The molecular weight excluding hydrogens is 429 g/mol. The lowest BCUT2D eigenvalue weighted by Gasteiger charge is -2.09. The van der Waals surface area contributed by atoms with Gasteiger partial charge in [0.2, 0.25) is 0 Å². The molecule has 1 saturated carbocycles. The maximum absolute atomic E-state index is 11.1. The molecule has 0 unspecified atom stereocenters. The predicted octanol–water partition coefficient (Wildman–Crippen LogP) is 5.84. The van der Waals surface area contributed by atoms with Crippen molar-refractivity contribution in [1.82, 2.24) is 4.98 Å². The quantitative estimate of drug-likeness (QED) is 0.382. The Morgan fingerprint density at radius 1 is 1.13 bits per heavy atom. The number of pyridine rings is 1. The van der Waals surface area contributed by atoms with Crippen LogP contribution in [0.15, 0.2) is 30.3 Å². The second-order valence-electron chi connectivity index (χ2n) is 7.88. The number of nitrogen functional groups attached to an aromatic ring is 1. The number of nitrogens with two attached hydrogens (primary N) is 1. The van der Waals surface area contributed by atoms with Crippen molar-refractivity contribution in [2.24, 2.45) is 5.92 Å². The van der Waals surface area contributed by atoms with Crippen LogP contribution in [0, 0.1) is 5.92 Å². The van der Waals surface area contributed by atoms with Gasteiger partial charge < -0.3 is 20.1 Å². The fraction of sp³-hybridized carbons (Fsp3) is 0.591. The highest BCUT2D eigenvalue weighted by atomic mass is 32.2. The van der Waals surface area contributed by atoms with E-state index in [4.69, 9.17) is 15.9 Å². The van der Waals surface area contributed by atoms with Gasteiger partial charge in [0.15, 0.2) is 5.79 Å². The third-order valence-electron chi connectivity index (χ3n) is 4.37. The van der Waals surface area contributed by atoms with E-state index >= 15 is 0 Å². The zero-order valence-electron chi connectivity index (χ0n) is 18.3. The zero-order valence-corrected chi connectivity index (χ0v) is 19.1. The molecule has 1 aliphatic carbocycles. The molecule has 3 rings (SSSR count). The van der Waals surface area contributed by atoms with Gasteiger partial charge in [-0.3, -0.25) is 0 Å². The maximum Gasteiger partial charge on any atom is 0.467 e. The minimum absolute atomic E-state index is 0.0736. The summed E-state index contributed by atoms with van der Waals surface area (Å²) in [6.07, 6.45) is 8.23. The van der Waals surface area contributed by atoms with Crippen molar-refractivity contribution in [3.05, 3.63) is 35.9 Å². The number of aryl methyl sites for hydroxylation is 1. The lowest BCUT2D eigenvalue weighted by atomic mass is 9.97. The van der Waals surface area contributed by atoms with E-state index in [1.807, 2.05) is 12.1 Å². The lowest BCUT2D eigenvalue weighted by molar-refractivity contribution is -0.127. The van der Waals surface area contributed by atoms with Crippen LogP contribution < -0.4 is 5.73 Å². The Kier molecular flexibility index (Phi) is 11.6. The molecule has 5 nitrogen and oxygen atoms in total. The highest BCUT2D eigenvalue weighted by molar-refractivity contribution is 7.95. The van der Waals surface area contributed by atoms with Gasteiger partial charge in [0.05, 0.1) is 12.1 Å². The van der Waals surface area contributed by atoms with Crippen molar-refractivity contribution in [2.75, 3.05) is 12.3 Å². The first-order valence-electron chi connectivity index (χ1n) is 10.3. The van der Waals surface area contributed by atoms with Crippen molar-refractivity contribution in [3.8, 4) is 0 Å². The van der Waals surface area contributed by atoms with Crippen LogP contribution in [0.1, 0.15) is 58.4 Å². The summed E-state index contributed by atoms with van der Waals surface area (Å²) < 4.78 is 37.2. The maximum atomic E-state index is 11.1. The van der Waals surface area contributed by atoms with Crippen LogP contribution in [0.5, 0.6) is 0 Å². The first kappa shape index (κ1) is 27.5. The number of benzene rings is 1. The number of hydrogen-bond donors (Lipinski definition) is 3. The van der Waals surface area contributed by atoms with Crippen LogP contribution in [-0.4, -0.2) is 33.1 Å². The largest absolute Gasteiger partial charge is 0.467 e. The molecule has 1 heterocycles. The van der Waals surface area contributed by atoms with Gasteiger partial charge in [-0.1, -0.05) is 37.8 Å². The summed E-state index contributed by atoms with van der Waals surface area (Å²) in [4.78, 5) is 4.39. The molecule has 0 aliphatic heterocycles. The number of aliphatic hydroxyl groups is 2. The fourth-order valence-electron chi connectivity index (χ4n) is 3.13. The molecule has 0 atom stereocenters. The third-order valence-corrected chi connectivity index (χ3v) is 4.91. The minimum atomic E-state index is -4.25. The predicted molar refractivity (Wildman–Crippen MR) is 120 cm³/mol. The third kappa shape index (κ3) is 14.2. The van der Waals surface area contributed by atoms with E-state index in [0.717, 1.165) is 11.4 Å². The molecule has 1 aromatic carbocycles. The van der Waals surface area contributed by atoms with Gasteiger partial charge >= 0.3 is 5.51 Å². The smallest absolute Gasteiger partial charge is 0.384 e. The average molecular weight is 463 g/mol. The van der Waals surface area contributed by atoms with Crippen molar-refractivity contribution >= 4 is 28.8 Å². The zero-order chi connectivity index (χ0) is 23.5. The van der Waals surface area contributed by atoms with Crippen molar-refractivity contribution in [3.63, 3.8) is 0 Å². The normalized spacial score (nSPS) is 14.6. The summed E-state index contributed by atoms with van der Waals surface area (Å²) in [5.41, 5.74) is 3.91. The number of aromatic nitrogens is 1. The lowest BCUT2D eigenvalue weighted by Crippen LogP contribution is -2.15. The molecule has 9 heteroatoms. The molecule has 0 bridgehead atoms. The van der Waals surface area contributed by atoms with Crippen molar-refractivity contribution in [1.29, 1.82) is 0 Å². The summed E-state index contributed by atoms with van der Waals surface area (Å²) in [6.45, 7) is 4.17. The molecule has 4 N–H and O–H groups in total. The number of halogens is 3. The van der Waals surface area contributed by atoms with Gasteiger partial charge in [0.1, 0.15) is 17.9 Å². The van der Waals surface area contributed by atoms with Crippen LogP contribution in [0.25, 0.3) is 10.9 Å². The summed E-state index contributed by atoms with van der Waals surface area (Å²) in [7, 11) is 0. The van der Waals surface area contributed by atoms with E-state index in [0.29, 0.717) is 5.82 Å². The number of hydrogen-bond acceptors (Lipinski definition) is 6. The highest BCUT2D eigenvalue weighted by Gasteiger charge is 2.29. The van der Waals surface area contributed by atoms with Gasteiger partial charge in [-0.15, -0.1) is 0 Å². The van der Waals surface area contributed by atoms with E-state index in [9.17, 15) is 13.2 Å². The monoisotopic (exact) mass is 462 g/mol. The molecule has 1 fully saturated rings. The summed E-state index contributed by atoms with van der Waals surface area (Å²) >= 11 is -0.466. The van der Waals surface area contributed by atoms with Crippen molar-refractivity contribution in [2.45, 2.75) is 70.6 Å². The molecule has 0 amide bonds. The Bertz CT molecular complexity index is 771. The SMILES string of the molecule is CC(C)(O)O.CCOSC(F)(F)F.Nc1ccc2ccc(CCC3CCCC3)cc2n1. The molecule has 0 saturated heterocycles. The summed E-state index contributed by atoms with van der Waals surface area (Å²) in [6, 6.07) is 10.5. The van der Waals surface area contributed by atoms with Gasteiger partial charge in [-0.25, -0.2) is 4.98 Å².